The van der Waals surface area contributed by atoms with E-state index in [1.165, 1.54) is 11.1 Å². The Morgan fingerprint density at radius 3 is 2.82 bits per heavy atom. The third-order valence-electron chi connectivity index (χ3n) is 4.28. The molecule has 0 spiro atoms. The Morgan fingerprint density at radius 1 is 1.59 bits per heavy atom. The molecule has 1 heterocycles. The summed E-state index contributed by atoms with van der Waals surface area (Å²) in [6, 6.07) is 0. The van der Waals surface area contributed by atoms with Gasteiger partial charge >= 0.3 is 0 Å². The van der Waals surface area contributed by atoms with Crippen molar-refractivity contribution in [3.05, 3.63) is 11.1 Å². The molecule has 3 heteroatoms. The average molecular weight is 236 g/mol. The Hall–Kier alpha value is -0.820. The van der Waals surface area contributed by atoms with Gasteiger partial charge in [0.15, 0.2) is 6.29 Å². The number of hydrogen-bond donors (Lipinski definition) is 2. The molecule has 94 valence electrons. The molecule has 2 aliphatic rings. The van der Waals surface area contributed by atoms with E-state index in [4.69, 9.17) is 11.2 Å². The molecular weight excluding hydrogens is 216 g/mol. The van der Waals surface area contributed by atoms with E-state index in [0.717, 1.165) is 12.8 Å². The van der Waals surface area contributed by atoms with E-state index in [0.29, 0.717) is 6.42 Å². The van der Waals surface area contributed by atoms with Crippen molar-refractivity contribution < 1.29 is 14.9 Å². The highest BCUT2D eigenvalue weighted by atomic mass is 16.6. The predicted octanol–water partition coefficient (Wildman–Crippen LogP) is 1.45. The van der Waals surface area contributed by atoms with Crippen LogP contribution in [-0.2, 0) is 4.74 Å². The molecule has 1 saturated carbocycles. The number of terminal acetylenes is 1. The zero-order chi connectivity index (χ0) is 12.6. The van der Waals surface area contributed by atoms with Gasteiger partial charge in [-0.05, 0) is 26.7 Å². The summed E-state index contributed by atoms with van der Waals surface area (Å²) >= 11 is 0. The van der Waals surface area contributed by atoms with Crippen LogP contribution in [0.2, 0.25) is 0 Å². The molecule has 0 aromatic carbocycles. The Bertz CT molecular complexity index is 375. The van der Waals surface area contributed by atoms with Crippen LogP contribution in [0.3, 0.4) is 0 Å². The maximum atomic E-state index is 10.1. The quantitative estimate of drug-likeness (QED) is 0.563. The van der Waals surface area contributed by atoms with Crippen LogP contribution in [0.1, 0.15) is 33.1 Å². The smallest absolute Gasteiger partial charge is 0.163 e. The SMILES string of the molecule is C#CC[C@@H]1OC(O)[C@@]2(CO)CCC(=C(C)C)[C@@H]12. The van der Waals surface area contributed by atoms with E-state index in [1.807, 2.05) is 0 Å². The van der Waals surface area contributed by atoms with Gasteiger partial charge in [-0.3, -0.25) is 0 Å². The van der Waals surface area contributed by atoms with Gasteiger partial charge in [-0.1, -0.05) is 11.1 Å². The number of rotatable bonds is 2. The van der Waals surface area contributed by atoms with Gasteiger partial charge in [0.2, 0.25) is 0 Å². The van der Waals surface area contributed by atoms with E-state index in [-0.39, 0.29) is 18.6 Å². The Labute approximate surface area is 102 Å². The standard InChI is InChI=1S/C14H20O3/c1-4-5-11-12-10(9(2)3)6-7-14(12,8-15)13(16)17-11/h1,11-13,15-16H,5-8H2,2-3H3/t11-,12-,13?,14+/m0/s1. The van der Waals surface area contributed by atoms with Crippen molar-refractivity contribution in [2.75, 3.05) is 6.61 Å². The lowest BCUT2D eigenvalue weighted by Crippen LogP contribution is -2.37. The summed E-state index contributed by atoms with van der Waals surface area (Å²) in [5.41, 5.74) is 2.02. The Kier molecular flexibility index (Phi) is 3.31. The van der Waals surface area contributed by atoms with Gasteiger partial charge in [0.25, 0.3) is 0 Å². The Balaban J connectivity index is 2.41. The zero-order valence-electron chi connectivity index (χ0n) is 10.4. The van der Waals surface area contributed by atoms with Gasteiger partial charge in [-0.2, -0.15) is 0 Å². The minimum absolute atomic E-state index is 0.0450. The van der Waals surface area contributed by atoms with Crippen LogP contribution in [0.15, 0.2) is 11.1 Å². The molecule has 0 aromatic rings. The molecule has 1 saturated heterocycles. The molecule has 4 atom stereocenters. The number of ether oxygens (including phenoxy) is 1. The van der Waals surface area contributed by atoms with Gasteiger partial charge in [0, 0.05) is 12.3 Å². The molecule has 0 amide bonds. The first-order valence-corrected chi connectivity index (χ1v) is 6.11. The van der Waals surface area contributed by atoms with Crippen molar-refractivity contribution >= 4 is 0 Å². The number of hydrogen-bond acceptors (Lipinski definition) is 3. The van der Waals surface area contributed by atoms with Crippen LogP contribution < -0.4 is 0 Å². The minimum Gasteiger partial charge on any atom is -0.396 e. The average Bonchev–Trinajstić information content (AvgIpc) is 2.78. The highest BCUT2D eigenvalue weighted by Crippen LogP contribution is 2.57. The first-order chi connectivity index (χ1) is 8.06. The van der Waals surface area contributed by atoms with Crippen molar-refractivity contribution in [3.8, 4) is 12.3 Å². The lowest BCUT2D eigenvalue weighted by atomic mass is 9.75. The molecule has 2 rings (SSSR count). The summed E-state index contributed by atoms with van der Waals surface area (Å²) in [5.74, 6) is 2.68. The fourth-order valence-corrected chi connectivity index (χ4v) is 3.38. The lowest BCUT2D eigenvalue weighted by molar-refractivity contribution is -0.146. The molecule has 3 nitrogen and oxygen atoms in total. The molecule has 17 heavy (non-hydrogen) atoms. The van der Waals surface area contributed by atoms with Crippen molar-refractivity contribution in [2.24, 2.45) is 11.3 Å². The third kappa shape index (κ3) is 1.72. The van der Waals surface area contributed by atoms with Crippen molar-refractivity contribution in [1.29, 1.82) is 0 Å². The van der Waals surface area contributed by atoms with E-state index >= 15 is 0 Å². The number of aliphatic hydroxyl groups is 2. The first kappa shape index (κ1) is 12.6. The summed E-state index contributed by atoms with van der Waals surface area (Å²) in [7, 11) is 0. The van der Waals surface area contributed by atoms with Gasteiger partial charge in [-0.25, -0.2) is 0 Å². The van der Waals surface area contributed by atoms with Gasteiger partial charge in [-0.15, -0.1) is 12.3 Å². The maximum Gasteiger partial charge on any atom is 0.163 e. The van der Waals surface area contributed by atoms with E-state index < -0.39 is 11.7 Å². The second kappa shape index (κ2) is 4.45. The summed E-state index contributed by atoms with van der Waals surface area (Å²) in [5, 5.41) is 19.7. The van der Waals surface area contributed by atoms with Crippen LogP contribution in [0.25, 0.3) is 0 Å². The molecule has 1 aliphatic heterocycles. The molecule has 0 aromatic heterocycles. The molecule has 0 bridgehead atoms. The van der Waals surface area contributed by atoms with E-state index in [1.54, 1.807) is 0 Å². The van der Waals surface area contributed by atoms with E-state index in [9.17, 15) is 10.2 Å². The lowest BCUT2D eigenvalue weighted by Gasteiger charge is -2.29. The molecule has 0 radical (unpaired) electrons. The molecule has 2 N–H and O–H groups in total. The minimum atomic E-state index is -0.896. The Morgan fingerprint density at radius 2 is 2.29 bits per heavy atom. The number of aliphatic hydroxyl groups excluding tert-OH is 2. The van der Waals surface area contributed by atoms with Crippen molar-refractivity contribution in [1.82, 2.24) is 0 Å². The summed E-state index contributed by atoms with van der Waals surface area (Å²) in [4.78, 5) is 0. The summed E-state index contributed by atoms with van der Waals surface area (Å²) in [6.45, 7) is 4.09. The van der Waals surface area contributed by atoms with Crippen LogP contribution in [-0.4, -0.2) is 29.2 Å². The monoisotopic (exact) mass is 236 g/mol. The predicted molar refractivity (Wildman–Crippen MR) is 64.9 cm³/mol. The van der Waals surface area contributed by atoms with Gasteiger partial charge in [0.1, 0.15) is 0 Å². The summed E-state index contributed by atoms with van der Waals surface area (Å²) in [6.07, 6.45) is 6.49. The van der Waals surface area contributed by atoms with Crippen molar-refractivity contribution in [3.63, 3.8) is 0 Å². The van der Waals surface area contributed by atoms with Gasteiger partial charge < -0.3 is 14.9 Å². The van der Waals surface area contributed by atoms with E-state index in [2.05, 4.69) is 19.8 Å². The van der Waals surface area contributed by atoms with Crippen LogP contribution in [0.4, 0.5) is 0 Å². The summed E-state index contributed by atoms with van der Waals surface area (Å²) < 4.78 is 5.56. The number of allylic oxidation sites excluding steroid dienone is 1. The second-order valence-corrected chi connectivity index (χ2v) is 5.33. The number of fused-ring (bicyclic) bond motifs is 1. The molecular formula is C14H20O3. The second-order valence-electron chi connectivity index (χ2n) is 5.33. The fourth-order valence-electron chi connectivity index (χ4n) is 3.38. The van der Waals surface area contributed by atoms with Crippen LogP contribution in [0, 0.1) is 23.7 Å². The molecule has 1 aliphatic carbocycles. The normalized spacial score (nSPS) is 40.2. The van der Waals surface area contributed by atoms with Crippen molar-refractivity contribution in [2.45, 2.75) is 45.5 Å². The first-order valence-electron chi connectivity index (χ1n) is 6.11. The third-order valence-corrected chi connectivity index (χ3v) is 4.28. The highest BCUT2D eigenvalue weighted by Gasteiger charge is 2.59. The molecule has 1 unspecified atom stereocenters. The zero-order valence-corrected chi connectivity index (χ0v) is 10.4. The largest absolute Gasteiger partial charge is 0.396 e. The maximum absolute atomic E-state index is 10.1. The van der Waals surface area contributed by atoms with Crippen LogP contribution in [0.5, 0.6) is 0 Å². The topological polar surface area (TPSA) is 49.7 Å². The highest BCUT2D eigenvalue weighted by molar-refractivity contribution is 5.27. The molecule has 2 fully saturated rings. The van der Waals surface area contributed by atoms with Crippen LogP contribution >= 0.6 is 0 Å². The fraction of sp³-hybridized carbons (Fsp3) is 0.714. The van der Waals surface area contributed by atoms with Gasteiger partial charge in [0.05, 0.1) is 18.1 Å².